The number of phenols is 2. The number of sulfone groups is 2. The minimum atomic E-state index is -3.44. The fraction of sp³-hybridized carbons (Fsp3) is 0.167. The number of azo groups is 2. The van der Waals surface area contributed by atoms with Crippen molar-refractivity contribution in [3.63, 3.8) is 0 Å². The standard InChI is InChI=1S/2C18H17N4O4S.Cr.Na/c2*1-3-27(25,26)14-9-10-15(16(23)11-14)19-20-17-12(2)21-22(18(17)24)13-7-5-4-6-8-13;;/h2*4-11,23H,3H2,1-2H3;;/q2*-1;;+1. The molecule has 286 valence electrons. The fourth-order valence-corrected chi connectivity index (χ4v) is 6.62. The van der Waals surface area contributed by atoms with E-state index in [1.807, 2.05) is 12.1 Å². The summed E-state index contributed by atoms with van der Waals surface area (Å²) in [7, 11) is -6.88. The molecule has 0 aliphatic heterocycles. The van der Waals surface area contributed by atoms with Crippen molar-refractivity contribution in [2.75, 3.05) is 11.5 Å². The quantitative estimate of drug-likeness (QED) is 0.116. The normalized spacial score (nSPS) is 11.5. The van der Waals surface area contributed by atoms with E-state index in [4.69, 9.17) is 0 Å². The van der Waals surface area contributed by atoms with Gasteiger partial charge in [0, 0.05) is 29.5 Å². The maximum Gasteiger partial charge on any atom is 1.00 e. The molecule has 6 aromatic rings. The van der Waals surface area contributed by atoms with Crippen LogP contribution in [0.2, 0.25) is 0 Å². The van der Waals surface area contributed by atoms with E-state index in [1.54, 1.807) is 62.4 Å². The molecular weight excluding hydrogens is 812 g/mol. The Balaban J connectivity index is 0.000000290. The summed E-state index contributed by atoms with van der Waals surface area (Å²) in [4.78, 5) is 25.0. The van der Waals surface area contributed by atoms with Crippen molar-refractivity contribution in [3.05, 3.63) is 129 Å². The zero-order chi connectivity index (χ0) is 39.2. The van der Waals surface area contributed by atoms with Gasteiger partial charge in [-0.25, -0.2) is 36.4 Å². The van der Waals surface area contributed by atoms with E-state index < -0.39 is 30.8 Å². The van der Waals surface area contributed by atoms with Crippen molar-refractivity contribution < 1.29 is 74.0 Å². The summed E-state index contributed by atoms with van der Waals surface area (Å²) in [5.74, 6) is -0.835. The molecule has 0 aliphatic rings. The third-order valence-electron chi connectivity index (χ3n) is 7.86. The van der Waals surface area contributed by atoms with Crippen LogP contribution in [0.4, 0.5) is 22.7 Å². The van der Waals surface area contributed by atoms with Crippen LogP contribution in [0.15, 0.2) is 137 Å². The molecule has 0 saturated heterocycles. The van der Waals surface area contributed by atoms with Crippen molar-refractivity contribution >= 4 is 42.4 Å². The SMILES string of the molecule is CCS(=O)(=O)c1ccc(N=N[c-]2c(C)nn(-c3ccccc3)c2=O)c(O)c1.CCS(=O)(=O)c1ccc(N=N[c-]2c(C)nn(-c3ccccc3)c2=O)c(O)c1.[Cr].[Na+]. The van der Waals surface area contributed by atoms with Gasteiger partial charge in [-0.3, -0.25) is 0 Å². The van der Waals surface area contributed by atoms with E-state index in [0.29, 0.717) is 22.8 Å². The number of hydrogen-bond acceptors (Lipinski definition) is 14. The number of nitrogens with zero attached hydrogens (tertiary/aromatic N) is 8. The van der Waals surface area contributed by atoms with Crippen LogP contribution in [-0.4, -0.2) is 58.1 Å². The van der Waals surface area contributed by atoms with Crippen molar-refractivity contribution in [3.8, 4) is 22.9 Å². The molecule has 4 aromatic carbocycles. The van der Waals surface area contributed by atoms with Gasteiger partial charge >= 0.3 is 29.6 Å². The van der Waals surface area contributed by atoms with Crippen LogP contribution >= 0.6 is 0 Å². The minimum absolute atomic E-state index is 0. The molecule has 2 N–H and O–H groups in total. The molecule has 0 unspecified atom stereocenters. The van der Waals surface area contributed by atoms with Gasteiger partial charge in [0.05, 0.1) is 32.7 Å². The van der Waals surface area contributed by atoms with Crippen LogP contribution < -0.4 is 40.7 Å². The Hall–Kier alpha value is -4.87. The minimum Gasteiger partial charge on any atom is -0.506 e. The number of hydrogen-bond donors (Lipinski definition) is 2. The number of aromatic hydroxyl groups is 2. The Morgan fingerprint density at radius 2 is 0.946 bits per heavy atom. The van der Waals surface area contributed by atoms with Gasteiger partial charge in [0.2, 0.25) is 0 Å². The second kappa shape index (κ2) is 19.3. The second-order valence-electron chi connectivity index (χ2n) is 11.5. The third kappa shape index (κ3) is 10.3. The summed E-state index contributed by atoms with van der Waals surface area (Å²) in [5.41, 5.74) is 1.29. The van der Waals surface area contributed by atoms with E-state index >= 15 is 0 Å². The largest absolute Gasteiger partial charge is 1.00 e. The number of aromatic nitrogens is 4. The van der Waals surface area contributed by atoms with Crippen LogP contribution in [0.1, 0.15) is 25.2 Å². The van der Waals surface area contributed by atoms with E-state index in [9.17, 15) is 36.6 Å². The molecule has 16 nitrogen and oxygen atoms in total. The molecule has 20 heteroatoms. The molecule has 0 fully saturated rings. The van der Waals surface area contributed by atoms with Gasteiger partial charge in [0.1, 0.15) is 34.0 Å². The Morgan fingerprint density at radius 3 is 1.25 bits per heavy atom. The van der Waals surface area contributed by atoms with Crippen molar-refractivity contribution in [2.45, 2.75) is 37.5 Å². The van der Waals surface area contributed by atoms with Crippen LogP contribution in [-0.2, 0) is 37.0 Å². The molecule has 0 amide bonds. The van der Waals surface area contributed by atoms with Gasteiger partial charge < -0.3 is 30.0 Å². The zero-order valence-corrected chi connectivity index (χ0v) is 35.7. The van der Waals surface area contributed by atoms with Crippen LogP contribution in [0, 0.1) is 13.8 Å². The monoisotopic (exact) mass is 845 g/mol. The molecule has 2 heterocycles. The second-order valence-corrected chi connectivity index (χ2v) is 16.0. The maximum absolute atomic E-state index is 12.5. The van der Waals surface area contributed by atoms with Crippen molar-refractivity contribution in [1.82, 2.24) is 19.6 Å². The van der Waals surface area contributed by atoms with E-state index in [1.165, 1.54) is 47.5 Å². The summed E-state index contributed by atoms with van der Waals surface area (Å²) >= 11 is 0. The van der Waals surface area contributed by atoms with Gasteiger partial charge in [-0.05, 0) is 48.5 Å². The van der Waals surface area contributed by atoms with Crippen LogP contribution in [0.25, 0.3) is 11.4 Å². The molecule has 0 radical (unpaired) electrons. The first-order valence-electron chi connectivity index (χ1n) is 16.3. The Morgan fingerprint density at radius 1 is 0.607 bits per heavy atom. The Labute approximate surface area is 354 Å². The molecule has 0 bridgehead atoms. The predicted octanol–water partition coefficient (Wildman–Crippen LogP) is 3.35. The third-order valence-corrected chi connectivity index (χ3v) is 11.3. The van der Waals surface area contributed by atoms with Crippen LogP contribution in [0.3, 0.4) is 0 Å². The number of rotatable bonds is 10. The first kappa shape index (κ1) is 45.5. The number of para-hydroxylation sites is 2. The Bertz CT molecular complexity index is 2530. The van der Waals surface area contributed by atoms with Crippen molar-refractivity contribution in [2.24, 2.45) is 20.5 Å². The Kier molecular flexibility index (Phi) is 15.7. The molecule has 0 spiro atoms. The molecule has 2 aromatic heterocycles. The van der Waals surface area contributed by atoms with Crippen LogP contribution in [0.5, 0.6) is 11.5 Å². The number of aryl methyl sites for hydroxylation is 2. The summed E-state index contributed by atoms with van der Waals surface area (Å²) in [6.07, 6.45) is 0. The van der Waals surface area contributed by atoms with E-state index in [0.717, 1.165) is 12.1 Å². The van der Waals surface area contributed by atoms with Gasteiger partial charge in [-0.1, -0.05) is 75.5 Å². The maximum atomic E-state index is 12.5. The molecule has 56 heavy (non-hydrogen) atoms. The number of benzene rings is 4. The average Bonchev–Trinajstić information content (AvgIpc) is 3.62. The van der Waals surface area contributed by atoms with Gasteiger partial charge in [-0.2, -0.15) is 10.2 Å². The van der Waals surface area contributed by atoms with Gasteiger partial charge in [0.15, 0.2) is 19.7 Å². The summed E-state index contributed by atoms with van der Waals surface area (Å²) in [6, 6.07) is 25.4. The van der Waals surface area contributed by atoms with Gasteiger partial charge in [-0.15, -0.1) is 11.4 Å². The fourth-order valence-electron chi connectivity index (χ4n) is 4.82. The molecule has 0 atom stereocenters. The molecule has 6 rings (SSSR count). The number of phenolic OH excluding ortho intramolecular Hbond substituents is 2. The zero-order valence-electron chi connectivity index (χ0n) is 30.8. The van der Waals surface area contributed by atoms with E-state index in [-0.39, 0.29) is 102 Å². The summed E-state index contributed by atoms with van der Waals surface area (Å²) in [6.45, 7) is 6.30. The first-order chi connectivity index (χ1) is 25.7. The van der Waals surface area contributed by atoms with E-state index in [2.05, 4.69) is 30.7 Å². The first-order valence-corrected chi connectivity index (χ1v) is 19.6. The summed E-state index contributed by atoms with van der Waals surface area (Å²) < 4.78 is 49.9. The average molecular weight is 846 g/mol. The smallest absolute Gasteiger partial charge is 0.506 e. The molecule has 0 aliphatic carbocycles. The van der Waals surface area contributed by atoms with Gasteiger partial charge in [0.25, 0.3) is 0 Å². The summed E-state index contributed by atoms with van der Waals surface area (Å²) in [5, 5.41) is 44.0. The van der Waals surface area contributed by atoms with Crippen molar-refractivity contribution in [1.29, 1.82) is 0 Å². The molecule has 0 saturated carbocycles. The topological polar surface area (TPSA) is 228 Å². The molecular formula is C36H34CrN8NaO8S2-. The predicted molar refractivity (Wildman–Crippen MR) is 200 cm³/mol.